The molecule has 4 N–H and O–H groups in total. The second kappa shape index (κ2) is 4.45. The highest BCUT2D eigenvalue weighted by molar-refractivity contribution is 5.81. The van der Waals surface area contributed by atoms with Gasteiger partial charge in [0.25, 0.3) is 0 Å². The first kappa shape index (κ1) is 13.1. The number of primary amides is 1. The third kappa shape index (κ3) is 1.67. The molecule has 2 heterocycles. The Morgan fingerprint density at radius 3 is 2.76 bits per heavy atom. The van der Waals surface area contributed by atoms with Gasteiger partial charge in [-0.05, 0) is 18.9 Å². The van der Waals surface area contributed by atoms with Crippen molar-refractivity contribution >= 4 is 11.6 Å². The molecule has 3 aliphatic rings. The maximum atomic E-state index is 11.8. The van der Waals surface area contributed by atoms with Gasteiger partial charge in [0, 0.05) is 12.0 Å². The lowest BCUT2D eigenvalue weighted by Crippen LogP contribution is -2.57. The standard InChI is InChI=1S/C16H21N3O2/c17-14(20)13-10-16(15(18-13)8-4-1-5-9-15)11-6-2-3-7-12(11)19-21-16/h2-3,6-7,13,18-19H,1,4-5,8-10H2,(H2,17,20). The molecule has 1 aliphatic carbocycles. The van der Waals surface area contributed by atoms with E-state index < -0.39 is 5.60 Å². The molecule has 112 valence electrons. The summed E-state index contributed by atoms with van der Waals surface area (Å²) >= 11 is 0. The van der Waals surface area contributed by atoms with E-state index in [1.165, 1.54) is 6.42 Å². The Labute approximate surface area is 124 Å². The number of carbonyl (C=O) groups is 1. The van der Waals surface area contributed by atoms with E-state index in [0.29, 0.717) is 6.42 Å². The molecule has 0 aromatic heterocycles. The van der Waals surface area contributed by atoms with Crippen LogP contribution in [0.2, 0.25) is 0 Å². The Hall–Kier alpha value is -1.59. The lowest BCUT2D eigenvalue weighted by molar-refractivity contribution is -0.120. The van der Waals surface area contributed by atoms with Crippen LogP contribution >= 0.6 is 0 Å². The van der Waals surface area contributed by atoms with Crippen LogP contribution in [0.25, 0.3) is 0 Å². The van der Waals surface area contributed by atoms with Crippen LogP contribution in [0.4, 0.5) is 5.69 Å². The van der Waals surface area contributed by atoms with Crippen molar-refractivity contribution in [3.63, 3.8) is 0 Å². The number of carbonyl (C=O) groups excluding carboxylic acids is 1. The lowest BCUT2D eigenvalue weighted by Gasteiger charge is -2.44. The Morgan fingerprint density at radius 2 is 2.00 bits per heavy atom. The predicted molar refractivity (Wildman–Crippen MR) is 79.4 cm³/mol. The Morgan fingerprint density at radius 1 is 1.24 bits per heavy atom. The number of amides is 1. The van der Waals surface area contributed by atoms with Gasteiger partial charge in [-0.3, -0.25) is 20.4 Å². The molecule has 1 saturated heterocycles. The average molecular weight is 287 g/mol. The summed E-state index contributed by atoms with van der Waals surface area (Å²) in [4.78, 5) is 17.9. The molecule has 0 radical (unpaired) electrons. The number of nitrogens with two attached hydrogens (primary N) is 1. The first-order chi connectivity index (χ1) is 10.2. The largest absolute Gasteiger partial charge is 0.368 e. The number of hydrogen-bond donors (Lipinski definition) is 3. The molecule has 2 atom stereocenters. The fraction of sp³-hybridized carbons (Fsp3) is 0.562. The Bertz CT molecular complexity index is 583. The molecule has 4 rings (SSSR count). The van der Waals surface area contributed by atoms with Crippen LogP contribution in [0.5, 0.6) is 0 Å². The third-order valence-electron chi connectivity index (χ3n) is 5.46. The lowest BCUT2D eigenvalue weighted by atomic mass is 9.68. The molecular weight excluding hydrogens is 266 g/mol. The molecule has 1 aromatic carbocycles. The van der Waals surface area contributed by atoms with Crippen molar-refractivity contribution in [3.8, 4) is 0 Å². The van der Waals surface area contributed by atoms with Crippen molar-refractivity contribution in [2.24, 2.45) is 5.73 Å². The zero-order chi connectivity index (χ0) is 14.5. The van der Waals surface area contributed by atoms with Crippen molar-refractivity contribution in [1.82, 2.24) is 5.32 Å². The zero-order valence-electron chi connectivity index (χ0n) is 12.0. The quantitative estimate of drug-likeness (QED) is 0.736. The topological polar surface area (TPSA) is 76.4 Å². The molecule has 5 heteroatoms. The third-order valence-corrected chi connectivity index (χ3v) is 5.46. The van der Waals surface area contributed by atoms with Crippen LogP contribution < -0.4 is 16.5 Å². The van der Waals surface area contributed by atoms with E-state index in [9.17, 15) is 4.79 Å². The van der Waals surface area contributed by atoms with Crippen molar-refractivity contribution in [3.05, 3.63) is 29.8 Å². The van der Waals surface area contributed by atoms with Crippen LogP contribution in [0.15, 0.2) is 24.3 Å². The second-order valence-electron chi connectivity index (χ2n) is 6.52. The van der Waals surface area contributed by atoms with E-state index in [-0.39, 0.29) is 17.5 Å². The van der Waals surface area contributed by atoms with Crippen LogP contribution in [-0.2, 0) is 15.2 Å². The summed E-state index contributed by atoms with van der Waals surface area (Å²) in [5, 5.41) is 3.54. The van der Waals surface area contributed by atoms with Gasteiger partial charge >= 0.3 is 0 Å². The fourth-order valence-electron chi connectivity index (χ4n) is 4.49. The molecule has 5 nitrogen and oxygen atoms in total. The summed E-state index contributed by atoms with van der Waals surface area (Å²) in [7, 11) is 0. The molecular formula is C16H21N3O2. The summed E-state index contributed by atoms with van der Waals surface area (Å²) < 4.78 is 0. The number of hydrogen-bond acceptors (Lipinski definition) is 4. The van der Waals surface area contributed by atoms with E-state index in [0.717, 1.165) is 36.9 Å². The van der Waals surface area contributed by atoms with Crippen LogP contribution in [0.1, 0.15) is 44.1 Å². The van der Waals surface area contributed by atoms with Crippen molar-refractivity contribution in [2.45, 2.75) is 55.7 Å². The van der Waals surface area contributed by atoms with Gasteiger partial charge in [0.15, 0.2) is 0 Å². The minimum absolute atomic E-state index is 0.190. The van der Waals surface area contributed by atoms with Crippen LogP contribution in [0, 0.1) is 0 Å². The SMILES string of the molecule is NC(=O)C1CC2(ONc3ccccc32)C2(CCCCC2)N1. The number of rotatable bonds is 1. The smallest absolute Gasteiger partial charge is 0.234 e. The molecule has 2 fully saturated rings. The summed E-state index contributed by atoms with van der Waals surface area (Å²) in [6.45, 7) is 0. The van der Waals surface area contributed by atoms with Gasteiger partial charge in [-0.1, -0.05) is 37.5 Å². The summed E-state index contributed by atoms with van der Waals surface area (Å²) in [5.74, 6) is -0.287. The van der Waals surface area contributed by atoms with E-state index in [2.05, 4.69) is 16.9 Å². The number of nitrogens with one attached hydrogen (secondary N) is 2. The molecule has 2 unspecified atom stereocenters. The predicted octanol–water partition coefficient (Wildman–Crippen LogP) is 1.79. The van der Waals surface area contributed by atoms with Gasteiger partial charge in [-0.15, -0.1) is 0 Å². The second-order valence-corrected chi connectivity index (χ2v) is 6.52. The monoisotopic (exact) mass is 287 g/mol. The first-order valence-corrected chi connectivity index (χ1v) is 7.77. The summed E-state index contributed by atoms with van der Waals surface area (Å²) in [5.41, 5.74) is 10.1. The van der Waals surface area contributed by atoms with Gasteiger partial charge < -0.3 is 5.73 Å². The van der Waals surface area contributed by atoms with Crippen LogP contribution in [0.3, 0.4) is 0 Å². The van der Waals surface area contributed by atoms with Crippen molar-refractivity contribution in [2.75, 3.05) is 5.48 Å². The van der Waals surface area contributed by atoms with Crippen molar-refractivity contribution < 1.29 is 9.63 Å². The van der Waals surface area contributed by atoms with Gasteiger partial charge in [-0.2, -0.15) is 0 Å². The Balaban J connectivity index is 1.83. The number of fused-ring (bicyclic) bond motifs is 3. The normalized spacial score (nSPS) is 33.0. The number of para-hydroxylation sites is 1. The molecule has 2 spiro atoms. The number of benzene rings is 1. The number of anilines is 1. The maximum Gasteiger partial charge on any atom is 0.234 e. The molecule has 1 amide bonds. The summed E-state index contributed by atoms with van der Waals surface area (Å²) in [6, 6.07) is 7.84. The fourth-order valence-corrected chi connectivity index (χ4v) is 4.49. The minimum Gasteiger partial charge on any atom is -0.368 e. The van der Waals surface area contributed by atoms with E-state index in [4.69, 9.17) is 10.6 Å². The van der Waals surface area contributed by atoms with Crippen LogP contribution in [-0.4, -0.2) is 17.5 Å². The molecule has 1 aromatic rings. The van der Waals surface area contributed by atoms with E-state index in [1.807, 2.05) is 18.2 Å². The highest BCUT2D eigenvalue weighted by Crippen LogP contribution is 2.56. The minimum atomic E-state index is -0.482. The highest BCUT2D eigenvalue weighted by atomic mass is 16.7. The molecule has 21 heavy (non-hydrogen) atoms. The van der Waals surface area contributed by atoms with Crippen molar-refractivity contribution in [1.29, 1.82) is 0 Å². The highest BCUT2D eigenvalue weighted by Gasteiger charge is 2.63. The Kier molecular flexibility index (Phi) is 2.78. The zero-order valence-corrected chi connectivity index (χ0v) is 12.0. The summed E-state index contributed by atoms with van der Waals surface area (Å²) in [6.07, 6.45) is 6.21. The average Bonchev–Trinajstić information content (AvgIpc) is 3.02. The van der Waals surface area contributed by atoms with E-state index in [1.54, 1.807) is 0 Å². The molecule has 0 bridgehead atoms. The van der Waals surface area contributed by atoms with E-state index >= 15 is 0 Å². The van der Waals surface area contributed by atoms with Gasteiger partial charge in [0.1, 0.15) is 5.60 Å². The van der Waals surface area contributed by atoms with Gasteiger partial charge in [-0.25, -0.2) is 0 Å². The van der Waals surface area contributed by atoms with Gasteiger partial charge in [0.2, 0.25) is 5.91 Å². The van der Waals surface area contributed by atoms with Gasteiger partial charge in [0.05, 0.1) is 17.3 Å². The maximum absolute atomic E-state index is 11.8. The first-order valence-electron chi connectivity index (χ1n) is 7.77. The molecule has 2 aliphatic heterocycles. The molecule has 1 saturated carbocycles.